The van der Waals surface area contributed by atoms with Gasteiger partial charge in [-0.15, -0.1) is 0 Å². The quantitative estimate of drug-likeness (QED) is 0.888. The van der Waals surface area contributed by atoms with Crippen LogP contribution in [0, 0.1) is 11.3 Å². The van der Waals surface area contributed by atoms with E-state index in [9.17, 15) is 0 Å². The first kappa shape index (κ1) is 13.7. The molecular weight excluding hydrogens is 362 g/mol. The normalized spacial score (nSPS) is 12.7. The first-order valence-electron chi connectivity index (χ1n) is 5.92. The second-order valence-corrected chi connectivity index (χ2v) is 6.34. The van der Waals surface area contributed by atoms with Gasteiger partial charge < -0.3 is 10.1 Å². The monoisotopic (exact) mass is 369 g/mol. The zero-order valence-electron chi connectivity index (χ0n) is 10.2. The number of halogens is 2. The fourth-order valence-electron chi connectivity index (χ4n) is 2.14. The second kappa shape index (κ2) is 5.60. The molecule has 0 radical (unpaired) electrons. The third-order valence-electron chi connectivity index (χ3n) is 3.03. The van der Waals surface area contributed by atoms with E-state index in [1.165, 1.54) is 17.1 Å². The summed E-state index contributed by atoms with van der Waals surface area (Å²) in [7, 11) is 0. The van der Waals surface area contributed by atoms with Crippen molar-refractivity contribution in [2.24, 2.45) is 0 Å². The average molecular weight is 371 g/mol. The Kier molecular flexibility index (Phi) is 3.83. The van der Waals surface area contributed by atoms with Crippen LogP contribution in [0.2, 0.25) is 5.15 Å². The summed E-state index contributed by atoms with van der Waals surface area (Å²) in [5.41, 5.74) is 2.66. The molecule has 0 saturated carbocycles. The van der Waals surface area contributed by atoms with Crippen molar-refractivity contribution in [1.29, 1.82) is 5.26 Å². The lowest BCUT2D eigenvalue weighted by molar-refractivity contribution is 0.354. The number of aromatic nitrogens is 1. The summed E-state index contributed by atoms with van der Waals surface area (Å²) in [6.07, 6.45) is 0.928. The van der Waals surface area contributed by atoms with Crippen LogP contribution >= 0.6 is 39.1 Å². The number of hydrogen-bond acceptors (Lipinski definition) is 5. The topological polar surface area (TPSA) is 57.9 Å². The Hall–Kier alpha value is -1.29. The van der Waals surface area contributed by atoms with Gasteiger partial charge in [0.1, 0.15) is 22.4 Å². The Labute approximate surface area is 133 Å². The SMILES string of the molecule is N#Cc1c(Cl)nsc1NCc1cc(Br)cc2c1OCC2. The number of anilines is 1. The summed E-state index contributed by atoms with van der Waals surface area (Å²) in [6, 6.07) is 6.16. The van der Waals surface area contributed by atoms with Crippen molar-refractivity contribution < 1.29 is 4.74 Å². The van der Waals surface area contributed by atoms with Gasteiger partial charge in [-0.05, 0) is 29.2 Å². The number of nitrogens with zero attached hydrogens (tertiary/aromatic N) is 2. The molecule has 0 spiro atoms. The molecule has 0 unspecified atom stereocenters. The highest BCUT2D eigenvalue weighted by Crippen LogP contribution is 2.34. The van der Waals surface area contributed by atoms with Crippen molar-refractivity contribution in [3.8, 4) is 11.8 Å². The standard InChI is InChI=1S/C13H9BrClN3OS/c14-9-3-7-1-2-19-11(7)8(4-9)6-17-13-10(5-16)12(15)18-20-13/h3-4,17H,1-2,6H2. The summed E-state index contributed by atoms with van der Waals surface area (Å²) >= 11 is 10.5. The van der Waals surface area contributed by atoms with Crippen molar-refractivity contribution in [2.75, 3.05) is 11.9 Å². The van der Waals surface area contributed by atoms with Crippen LogP contribution in [-0.2, 0) is 13.0 Å². The van der Waals surface area contributed by atoms with Crippen LogP contribution in [0.3, 0.4) is 0 Å². The van der Waals surface area contributed by atoms with Crippen LogP contribution in [0.4, 0.5) is 5.00 Å². The smallest absolute Gasteiger partial charge is 0.162 e. The Morgan fingerprint density at radius 2 is 2.40 bits per heavy atom. The molecule has 1 aromatic carbocycles. The van der Waals surface area contributed by atoms with E-state index in [0.717, 1.165) is 22.2 Å². The summed E-state index contributed by atoms with van der Waals surface area (Å²) < 4.78 is 10.7. The predicted molar refractivity (Wildman–Crippen MR) is 82.5 cm³/mol. The van der Waals surface area contributed by atoms with E-state index in [1.807, 2.05) is 6.07 Å². The molecule has 4 nitrogen and oxygen atoms in total. The molecule has 0 amide bonds. The van der Waals surface area contributed by atoms with Gasteiger partial charge in [0, 0.05) is 23.0 Å². The van der Waals surface area contributed by atoms with Gasteiger partial charge in [0.25, 0.3) is 0 Å². The highest BCUT2D eigenvalue weighted by Gasteiger charge is 2.18. The van der Waals surface area contributed by atoms with E-state index < -0.39 is 0 Å². The first-order chi connectivity index (χ1) is 9.69. The van der Waals surface area contributed by atoms with Crippen LogP contribution < -0.4 is 10.1 Å². The van der Waals surface area contributed by atoms with Gasteiger partial charge in [-0.1, -0.05) is 27.5 Å². The maximum atomic E-state index is 9.04. The second-order valence-electron chi connectivity index (χ2n) is 4.29. The Morgan fingerprint density at radius 1 is 1.55 bits per heavy atom. The molecular formula is C13H9BrClN3OS. The van der Waals surface area contributed by atoms with Crippen LogP contribution in [-0.4, -0.2) is 11.0 Å². The van der Waals surface area contributed by atoms with E-state index in [1.54, 1.807) is 0 Å². The minimum absolute atomic E-state index is 0.246. The first-order valence-corrected chi connectivity index (χ1v) is 7.86. The molecule has 0 saturated heterocycles. The van der Waals surface area contributed by atoms with Gasteiger partial charge in [0.05, 0.1) is 6.61 Å². The minimum Gasteiger partial charge on any atom is -0.493 e. The fraction of sp³-hybridized carbons (Fsp3) is 0.231. The number of rotatable bonds is 3. The van der Waals surface area contributed by atoms with Crippen molar-refractivity contribution in [3.05, 3.63) is 38.4 Å². The van der Waals surface area contributed by atoms with Gasteiger partial charge in [-0.2, -0.15) is 9.64 Å². The highest BCUT2D eigenvalue weighted by atomic mass is 79.9. The van der Waals surface area contributed by atoms with E-state index in [-0.39, 0.29) is 5.15 Å². The number of ether oxygens (including phenoxy) is 1. The van der Waals surface area contributed by atoms with Gasteiger partial charge in [-0.25, -0.2) is 0 Å². The molecule has 102 valence electrons. The molecule has 3 rings (SSSR count). The molecule has 2 heterocycles. The number of nitriles is 1. The third kappa shape index (κ3) is 2.49. The van der Waals surface area contributed by atoms with Crippen molar-refractivity contribution in [1.82, 2.24) is 4.37 Å². The fourth-order valence-corrected chi connectivity index (χ4v) is 3.62. The van der Waals surface area contributed by atoms with Crippen LogP contribution in [0.25, 0.3) is 0 Å². The molecule has 20 heavy (non-hydrogen) atoms. The molecule has 7 heteroatoms. The number of fused-ring (bicyclic) bond motifs is 1. The maximum absolute atomic E-state index is 9.04. The third-order valence-corrected chi connectivity index (χ3v) is 4.66. The van der Waals surface area contributed by atoms with E-state index in [2.05, 4.69) is 37.8 Å². The average Bonchev–Trinajstić information content (AvgIpc) is 3.02. The van der Waals surface area contributed by atoms with Gasteiger partial charge in [0.2, 0.25) is 0 Å². The van der Waals surface area contributed by atoms with Gasteiger partial charge in [-0.3, -0.25) is 0 Å². The summed E-state index contributed by atoms with van der Waals surface area (Å²) in [5, 5.41) is 13.2. The van der Waals surface area contributed by atoms with Gasteiger partial charge >= 0.3 is 0 Å². The Bertz CT molecular complexity index is 710. The lowest BCUT2D eigenvalue weighted by Crippen LogP contribution is -2.01. The molecule has 1 aromatic heterocycles. The molecule has 1 aliphatic rings. The number of benzene rings is 1. The molecule has 2 aromatic rings. The summed E-state index contributed by atoms with van der Waals surface area (Å²) in [5.74, 6) is 0.940. The Balaban J connectivity index is 1.84. The lowest BCUT2D eigenvalue weighted by Gasteiger charge is -2.10. The van der Waals surface area contributed by atoms with E-state index in [4.69, 9.17) is 21.6 Å². The molecule has 0 aliphatic carbocycles. The molecule has 0 fully saturated rings. The lowest BCUT2D eigenvalue weighted by atomic mass is 10.1. The number of hydrogen-bond donors (Lipinski definition) is 1. The van der Waals surface area contributed by atoms with Gasteiger partial charge in [0.15, 0.2) is 5.15 Å². The van der Waals surface area contributed by atoms with Crippen molar-refractivity contribution >= 4 is 44.1 Å². The minimum atomic E-state index is 0.246. The van der Waals surface area contributed by atoms with E-state index >= 15 is 0 Å². The van der Waals surface area contributed by atoms with Crippen molar-refractivity contribution in [2.45, 2.75) is 13.0 Å². The molecule has 1 N–H and O–H groups in total. The highest BCUT2D eigenvalue weighted by molar-refractivity contribution is 9.10. The van der Waals surface area contributed by atoms with E-state index in [0.29, 0.717) is 23.7 Å². The number of nitrogens with one attached hydrogen (secondary N) is 1. The van der Waals surface area contributed by atoms with Crippen LogP contribution in [0.1, 0.15) is 16.7 Å². The summed E-state index contributed by atoms with van der Waals surface area (Å²) in [4.78, 5) is 0. The molecule has 1 aliphatic heterocycles. The summed E-state index contributed by atoms with van der Waals surface area (Å²) in [6.45, 7) is 1.28. The van der Waals surface area contributed by atoms with Crippen LogP contribution in [0.5, 0.6) is 5.75 Å². The molecule has 0 bridgehead atoms. The molecule has 0 atom stereocenters. The predicted octanol–water partition coefficient (Wildman–Crippen LogP) is 3.98. The van der Waals surface area contributed by atoms with Crippen molar-refractivity contribution in [3.63, 3.8) is 0 Å². The maximum Gasteiger partial charge on any atom is 0.162 e. The largest absolute Gasteiger partial charge is 0.493 e. The zero-order valence-corrected chi connectivity index (χ0v) is 13.4. The Morgan fingerprint density at radius 3 is 3.20 bits per heavy atom. The zero-order chi connectivity index (χ0) is 14.1. The van der Waals surface area contributed by atoms with Crippen LogP contribution in [0.15, 0.2) is 16.6 Å².